The van der Waals surface area contributed by atoms with Crippen molar-refractivity contribution >= 4 is 27.6 Å². The van der Waals surface area contributed by atoms with E-state index < -0.39 is 18.1 Å². The van der Waals surface area contributed by atoms with E-state index in [1.54, 1.807) is 35.5 Å². The summed E-state index contributed by atoms with van der Waals surface area (Å²) in [6, 6.07) is 0.810. The minimum atomic E-state index is -2.44. The van der Waals surface area contributed by atoms with E-state index in [1.165, 1.54) is 10.5 Å². The maximum atomic E-state index is 5.49. The van der Waals surface area contributed by atoms with Crippen LogP contribution in [-0.2, 0) is 22.1 Å². The number of rotatable bonds is 14. The molecule has 0 amide bonds. The Balaban J connectivity index is 4.32. The van der Waals surface area contributed by atoms with E-state index in [-0.39, 0.29) is 0 Å². The monoisotopic (exact) mass is 393 g/mol. The predicted octanol–water partition coefficient (Wildman–Crippen LogP) is 0.619. The Morgan fingerprint density at radius 1 is 1.04 bits per heavy atom. The molecule has 0 aromatic heterocycles. The predicted molar refractivity (Wildman–Crippen MR) is 101 cm³/mol. The van der Waals surface area contributed by atoms with Crippen LogP contribution >= 0.6 is 0 Å². The maximum absolute atomic E-state index is 5.49. The molecule has 0 atom stereocenters. The summed E-state index contributed by atoms with van der Waals surface area (Å²) in [5.41, 5.74) is 0. The molecule has 0 spiro atoms. The molecule has 0 rings (SSSR count). The summed E-state index contributed by atoms with van der Waals surface area (Å²) < 4.78 is 27.2. The van der Waals surface area contributed by atoms with Crippen LogP contribution in [0.5, 0.6) is 0 Å². The zero-order valence-corrected chi connectivity index (χ0v) is 19.3. The highest BCUT2D eigenvalue weighted by atomic mass is 28.4. The molecule has 0 heterocycles. The molecule has 0 unspecified atom stereocenters. The quantitative estimate of drug-likeness (QED) is 0.343. The smallest absolute Gasteiger partial charge is 0.392 e. The summed E-state index contributed by atoms with van der Waals surface area (Å²) in [6.07, 6.45) is 1.90. The Labute approximate surface area is 152 Å². The Kier molecular flexibility index (Phi) is 13.2. The van der Waals surface area contributed by atoms with Gasteiger partial charge in [0.1, 0.15) is 0 Å². The van der Waals surface area contributed by atoms with E-state index in [0.717, 1.165) is 25.2 Å². The molecule has 141 valence electrons. The topological polar surface area (TPSA) is 61.4 Å². The van der Waals surface area contributed by atoms with Crippen molar-refractivity contribution in [1.29, 1.82) is 0 Å². The fourth-order valence-electron chi connectivity index (χ4n) is 2.30. The van der Waals surface area contributed by atoms with Crippen LogP contribution < -0.4 is 5.32 Å². The third-order valence-electron chi connectivity index (χ3n) is 3.61. The Morgan fingerprint density at radius 3 is 2.00 bits per heavy atom. The lowest BCUT2D eigenvalue weighted by atomic mass is 10.5. The zero-order chi connectivity index (χ0) is 18.6. The first-order valence-corrected chi connectivity index (χ1v) is 12.3. The summed E-state index contributed by atoms with van der Waals surface area (Å²) in [5, 5.41) is 5.97. The fraction of sp³-hybridized carbons (Fsp3) is 0.857. The van der Waals surface area contributed by atoms with Gasteiger partial charge in [0.25, 0.3) is 0 Å². The van der Waals surface area contributed by atoms with Gasteiger partial charge in [-0.3, -0.25) is 0 Å². The third kappa shape index (κ3) is 7.89. The molecule has 0 aliphatic rings. The van der Waals surface area contributed by atoms with Gasteiger partial charge in [0.05, 0.1) is 14.8 Å². The minimum Gasteiger partial charge on any atom is -0.392 e. The number of allylic oxidation sites excluding steroid dienone is 1. The minimum absolute atomic E-state index is 0.687. The second-order valence-electron chi connectivity index (χ2n) is 5.32. The van der Waals surface area contributed by atoms with Crippen molar-refractivity contribution in [2.75, 3.05) is 62.4 Å². The number of hydrogen-bond donors (Lipinski definition) is 1. The molecule has 3 radical (unpaired) electrons. The van der Waals surface area contributed by atoms with Gasteiger partial charge in [-0.2, -0.15) is 0 Å². The molecule has 7 nitrogen and oxygen atoms in total. The lowest BCUT2D eigenvalue weighted by molar-refractivity contribution is 0.123. The summed E-state index contributed by atoms with van der Waals surface area (Å²) >= 11 is 0. The van der Waals surface area contributed by atoms with Crippen LogP contribution in [0.2, 0.25) is 6.04 Å². The first-order chi connectivity index (χ1) is 11.4. The van der Waals surface area contributed by atoms with Gasteiger partial charge in [0.2, 0.25) is 0 Å². The molecule has 0 aromatic rings. The first kappa shape index (κ1) is 24.0. The lowest BCUT2D eigenvalue weighted by Gasteiger charge is -2.24. The van der Waals surface area contributed by atoms with Crippen LogP contribution in [0, 0.1) is 0 Å². The molecule has 0 saturated heterocycles. The van der Waals surface area contributed by atoms with Crippen molar-refractivity contribution in [2.45, 2.75) is 19.4 Å². The zero-order valence-electron chi connectivity index (χ0n) is 16.3. The van der Waals surface area contributed by atoms with E-state index in [9.17, 15) is 0 Å². The number of nitrogens with one attached hydrogen (secondary N) is 1. The van der Waals surface area contributed by atoms with E-state index in [1.807, 2.05) is 14.1 Å². The van der Waals surface area contributed by atoms with Crippen molar-refractivity contribution in [3.8, 4) is 0 Å². The molecule has 0 aromatic carbocycles. The molecular weight excluding hydrogens is 360 g/mol. The van der Waals surface area contributed by atoms with Crippen LogP contribution in [0.3, 0.4) is 0 Å². The lowest BCUT2D eigenvalue weighted by Crippen LogP contribution is -2.43. The third-order valence-corrected chi connectivity index (χ3v) is 9.84. The number of hydrogen-bond acceptors (Lipinski definition) is 7. The van der Waals surface area contributed by atoms with Gasteiger partial charge in [-0.15, -0.1) is 0 Å². The van der Waals surface area contributed by atoms with E-state index in [2.05, 4.69) is 17.1 Å². The van der Waals surface area contributed by atoms with Gasteiger partial charge in [0, 0.05) is 55.7 Å². The SMILES string of the molecule is CO[Si](OC)C(=C(C)[Si]CNCCC[Si](OC)(OC)OC)N(C)C. The second-order valence-corrected chi connectivity index (χ2v) is 11.7. The van der Waals surface area contributed by atoms with Gasteiger partial charge >= 0.3 is 18.1 Å². The van der Waals surface area contributed by atoms with Gasteiger partial charge < -0.3 is 32.3 Å². The van der Waals surface area contributed by atoms with Gasteiger partial charge in [-0.1, -0.05) is 5.20 Å². The summed E-state index contributed by atoms with van der Waals surface area (Å²) in [4.78, 5) is 2.10. The molecule has 10 heteroatoms. The summed E-state index contributed by atoms with van der Waals surface area (Å²) in [6.45, 7) is 3.06. The summed E-state index contributed by atoms with van der Waals surface area (Å²) in [7, 11) is 9.26. The molecule has 0 saturated carbocycles. The van der Waals surface area contributed by atoms with E-state index in [4.69, 9.17) is 22.1 Å². The van der Waals surface area contributed by atoms with Gasteiger partial charge in [0.15, 0.2) is 0 Å². The fourth-order valence-corrected chi connectivity index (χ4v) is 6.78. The highest BCUT2D eigenvalue weighted by Crippen LogP contribution is 2.14. The van der Waals surface area contributed by atoms with Crippen LogP contribution in [0.15, 0.2) is 10.5 Å². The van der Waals surface area contributed by atoms with Crippen molar-refractivity contribution in [2.24, 2.45) is 0 Å². The van der Waals surface area contributed by atoms with E-state index in [0.29, 0.717) is 9.52 Å². The standard InChI is InChI=1S/C14H33N2O5Si3/c1-13(14(16(2)3)23(17-4)18-5)22-12-15-10-9-11-24(19-6,20-7)21-8/h15H,9-12H2,1-8H3. The van der Waals surface area contributed by atoms with Crippen LogP contribution in [0.1, 0.15) is 13.3 Å². The van der Waals surface area contributed by atoms with Gasteiger partial charge in [-0.05, 0) is 26.1 Å². The highest BCUT2D eigenvalue weighted by Gasteiger charge is 2.36. The Bertz CT molecular complexity index is 356. The molecule has 0 aliphatic heterocycles. The molecular formula is C14H33N2O5Si3. The molecule has 0 bridgehead atoms. The van der Waals surface area contributed by atoms with Gasteiger partial charge in [-0.25, -0.2) is 0 Å². The van der Waals surface area contributed by atoms with Crippen LogP contribution in [0.4, 0.5) is 0 Å². The average molecular weight is 394 g/mol. The molecule has 24 heavy (non-hydrogen) atoms. The van der Waals surface area contributed by atoms with Crippen molar-refractivity contribution < 1.29 is 22.1 Å². The van der Waals surface area contributed by atoms with Crippen molar-refractivity contribution in [1.82, 2.24) is 10.2 Å². The van der Waals surface area contributed by atoms with Crippen molar-refractivity contribution in [3.05, 3.63) is 10.5 Å². The molecule has 0 aliphatic carbocycles. The first-order valence-electron chi connectivity index (χ1n) is 7.84. The molecule has 1 N–H and O–H groups in total. The van der Waals surface area contributed by atoms with Crippen molar-refractivity contribution in [3.63, 3.8) is 0 Å². The molecule has 0 fully saturated rings. The summed E-state index contributed by atoms with van der Waals surface area (Å²) in [5.74, 6) is 0. The Hall–Kier alpha value is -0.0494. The van der Waals surface area contributed by atoms with Crippen LogP contribution in [0.25, 0.3) is 0 Å². The van der Waals surface area contributed by atoms with E-state index >= 15 is 0 Å². The highest BCUT2D eigenvalue weighted by molar-refractivity contribution is 6.60. The maximum Gasteiger partial charge on any atom is 0.500 e. The number of nitrogens with zero attached hydrogens (tertiary/aromatic N) is 1. The largest absolute Gasteiger partial charge is 0.500 e. The average Bonchev–Trinajstić information content (AvgIpc) is 2.59. The second kappa shape index (κ2) is 13.2. The normalized spacial score (nSPS) is 13.4. The Morgan fingerprint density at radius 2 is 1.58 bits per heavy atom. The van der Waals surface area contributed by atoms with Crippen LogP contribution in [-0.4, -0.2) is 94.9 Å².